The van der Waals surface area contributed by atoms with Crippen LogP contribution in [0.4, 0.5) is 11.4 Å². The van der Waals surface area contributed by atoms with Crippen molar-refractivity contribution in [3.63, 3.8) is 0 Å². The molecule has 5 heteroatoms. The van der Waals surface area contributed by atoms with Gasteiger partial charge in [0.15, 0.2) is 0 Å². The zero-order valence-corrected chi connectivity index (χ0v) is 10.3. The summed E-state index contributed by atoms with van der Waals surface area (Å²) in [7, 11) is 0. The third-order valence-corrected chi connectivity index (χ3v) is 3.03. The number of rotatable bonds is 5. The van der Waals surface area contributed by atoms with Crippen LogP contribution in [-0.2, 0) is 0 Å². The quantitative estimate of drug-likeness (QED) is 0.609. The Hall–Kier alpha value is -1.62. The normalized spacial score (nSPS) is 14.1. The van der Waals surface area contributed by atoms with Crippen LogP contribution in [0.15, 0.2) is 18.2 Å². The Bertz CT molecular complexity index is 407. The van der Waals surface area contributed by atoms with Crippen LogP contribution in [-0.4, -0.2) is 22.7 Å². The van der Waals surface area contributed by atoms with E-state index in [1.807, 2.05) is 19.9 Å². The number of aliphatic hydroxyl groups excluding tert-OH is 1. The van der Waals surface area contributed by atoms with Gasteiger partial charge in [0, 0.05) is 30.0 Å². The van der Waals surface area contributed by atoms with E-state index in [1.165, 1.54) is 6.07 Å². The van der Waals surface area contributed by atoms with Crippen molar-refractivity contribution in [2.45, 2.75) is 26.8 Å². The standard InChI is InChI=1S/C12H18N2O3/c1-8(7-15)10(3)13-11-5-4-6-12(9(11)2)14(16)17/h4-6,8,10,13,15H,7H2,1-3H3. The highest BCUT2D eigenvalue weighted by atomic mass is 16.6. The third-order valence-electron chi connectivity index (χ3n) is 3.03. The van der Waals surface area contributed by atoms with Gasteiger partial charge in [0.1, 0.15) is 0 Å². The summed E-state index contributed by atoms with van der Waals surface area (Å²) >= 11 is 0. The molecule has 0 heterocycles. The number of nitro groups is 1. The van der Waals surface area contributed by atoms with Crippen LogP contribution < -0.4 is 5.32 Å². The molecule has 0 aliphatic heterocycles. The summed E-state index contributed by atoms with van der Waals surface area (Å²) < 4.78 is 0. The Balaban J connectivity index is 2.92. The molecule has 1 aromatic carbocycles. The summed E-state index contributed by atoms with van der Waals surface area (Å²) in [6, 6.07) is 5.01. The second-order valence-corrected chi connectivity index (χ2v) is 4.30. The number of nitrogens with one attached hydrogen (secondary N) is 1. The maximum atomic E-state index is 10.8. The van der Waals surface area contributed by atoms with E-state index in [9.17, 15) is 10.1 Å². The van der Waals surface area contributed by atoms with Gasteiger partial charge in [-0.25, -0.2) is 0 Å². The number of aliphatic hydroxyl groups is 1. The summed E-state index contributed by atoms with van der Waals surface area (Å²) in [5, 5.41) is 23.0. The molecule has 17 heavy (non-hydrogen) atoms. The summed E-state index contributed by atoms with van der Waals surface area (Å²) in [4.78, 5) is 10.4. The Labute approximate surface area is 101 Å². The lowest BCUT2D eigenvalue weighted by Crippen LogP contribution is -2.26. The minimum atomic E-state index is -0.388. The predicted molar refractivity (Wildman–Crippen MR) is 67.2 cm³/mol. The van der Waals surface area contributed by atoms with Crippen molar-refractivity contribution in [2.75, 3.05) is 11.9 Å². The molecule has 0 bridgehead atoms. The average molecular weight is 238 g/mol. The van der Waals surface area contributed by atoms with Gasteiger partial charge in [-0.05, 0) is 25.8 Å². The number of benzene rings is 1. The van der Waals surface area contributed by atoms with Gasteiger partial charge in [-0.15, -0.1) is 0 Å². The lowest BCUT2D eigenvalue weighted by atomic mass is 10.0. The fraction of sp³-hybridized carbons (Fsp3) is 0.500. The molecule has 2 unspecified atom stereocenters. The number of nitro benzene ring substituents is 1. The molecule has 0 spiro atoms. The van der Waals surface area contributed by atoms with E-state index in [2.05, 4.69) is 5.32 Å². The third kappa shape index (κ3) is 3.17. The molecule has 0 radical (unpaired) electrons. The van der Waals surface area contributed by atoms with E-state index >= 15 is 0 Å². The number of nitrogens with zero attached hydrogens (tertiary/aromatic N) is 1. The molecule has 1 rings (SSSR count). The van der Waals surface area contributed by atoms with Gasteiger partial charge >= 0.3 is 0 Å². The second-order valence-electron chi connectivity index (χ2n) is 4.30. The first-order valence-corrected chi connectivity index (χ1v) is 5.58. The number of anilines is 1. The maximum Gasteiger partial charge on any atom is 0.274 e. The van der Waals surface area contributed by atoms with Crippen LogP contribution >= 0.6 is 0 Å². The second kappa shape index (κ2) is 5.63. The Morgan fingerprint density at radius 3 is 2.65 bits per heavy atom. The smallest absolute Gasteiger partial charge is 0.274 e. The van der Waals surface area contributed by atoms with Gasteiger partial charge in [0.2, 0.25) is 0 Å². The fourth-order valence-corrected chi connectivity index (χ4v) is 1.52. The fourth-order valence-electron chi connectivity index (χ4n) is 1.52. The molecule has 1 aromatic rings. The van der Waals surface area contributed by atoms with E-state index in [4.69, 9.17) is 5.11 Å². The van der Waals surface area contributed by atoms with E-state index in [0.29, 0.717) is 5.56 Å². The van der Waals surface area contributed by atoms with E-state index in [1.54, 1.807) is 13.0 Å². The first-order valence-electron chi connectivity index (χ1n) is 5.58. The van der Waals surface area contributed by atoms with Gasteiger partial charge in [-0.3, -0.25) is 10.1 Å². The monoisotopic (exact) mass is 238 g/mol. The van der Waals surface area contributed by atoms with Crippen LogP contribution in [0, 0.1) is 23.0 Å². The molecular weight excluding hydrogens is 220 g/mol. The molecule has 5 nitrogen and oxygen atoms in total. The average Bonchev–Trinajstić information content (AvgIpc) is 2.30. The van der Waals surface area contributed by atoms with Gasteiger partial charge in [-0.1, -0.05) is 13.0 Å². The zero-order valence-electron chi connectivity index (χ0n) is 10.3. The zero-order chi connectivity index (χ0) is 13.0. The van der Waals surface area contributed by atoms with E-state index in [-0.39, 0.29) is 29.2 Å². The molecule has 0 saturated carbocycles. The molecular formula is C12H18N2O3. The van der Waals surface area contributed by atoms with Crippen molar-refractivity contribution in [3.8, 4) is 0 Å². The highest BCUT2D eigenvalue weighted by Crippen LogP contribution is 2.26. The van der Waals surface area contributed by atoms with E-state index < -0.39 is 0 Å². The topological polar surface area (TPSA) is 75.4 Å². The molecule has 0 fully saturated rings. The van der Waals surface area contributed by atoms with Gasteiger partial charge in [0.25, 0.3) is 5.69 Å². The highest BCUT2D eigenvalue weighted by Gasteiger charge is 2.16. The van der Waals surface area contributed by atoms with Crippen LogP contribution in [0.2, 0.25) is 0 Å². The first kappa shape index (κ1) is 13.4. The molecule has 0 aliphatic carbocycles. The molecule has 0 amide bonds. The Morgan fingerprint density at radius 2 is 2.12 bits per heavy atom. The van der Waals surface area contributed by atoms with Crippen molar-refractivity contribution in [1.82, 2.24) is 0 Å². The maximum absolute atomic E-state index is 10.8. The lowest BCUT2D eigenvalue weighted by Gasteiger charge is -2.21. The van der Waals surface area contributed by atoms with Crippen molar-refractivity contribution in [1.29, 1.82) is 0 Å². The molecule has 2 atom stereocenters. The summed E-state index contributed by atoms with van der Waals surface area (Å²) in [6.07, 6.45) is 0. The van der Waals surface area contributed by atoms with Gasteiger partial charge in [-0.2, -0.15) is 0 Å². The molecule has 2 N–H and O–H groups in total. The highest BCUT2D eigenvalue weighted by molar-refractivity contribution is 5.60. The molecule has 0 aromatic heterocycles. The largest absolute Gasteiger partial charge is 0.396 e. The van der Waals surface area contributed by atoms with Crippen molar-refractivity contribution in [3.05, 3.63) is 33.9 Å². The SMILES string of the molecule is Cc1c(NC(C)C(C)CO)cccc1[N+](=O)[O-]. The van der Waals surface area contributed by atoms with Crippen LogP contribution in [0.5, 0.6) is 0 Å². The van der Waals surface area contributed by atoms with Crippen LogP contribution in [0.1, 0.15) is 19.4 Å². The van der Waals surface area contributed by atoms with Crippen LogP contribution in [0.25, 0.3) is 0 Å². The van der Waals surface area contributed by atoms with Crippen molar-refractivity contribution < 1.29 is 10.0 Å². The molecule has 94 valence electrons. The lowest BCUT2D eigenvalue weighted by molar-refractivity contribution is -0.385. The van der Waals surface area contributed by atoms with Crippen molar-refractivity contribution >= 4 is 11.4 Å². The van der Waals surface area contributed by atoms with Gasteiger partial charge < -0.3 is 10.4 Å². The van der Waals surface area contributed by atoms with E-state index in [0.717, 1.165) is 5.69 Å². The Kier molecular flexibility index (Phi) is 4.45. The predicted octanol–water partition coefficient (Wildman–Crippen LogP) is 2.33. The van der Waals surface area contributed by atoms with Crippen molar-refractivity contribution in [2.24, 2.45) is 5.92 Å². The summed E-state index contributed by atoms with van der Waals surface area (Å²) in [5.41, 5.74) is 1.47. The number of hydrogen-bond donors (Lipinski definition) is 2. The summed E-state index contributed by atoms with van der Waals surface area (Å²) in [6.45, 7) is 5.67. The Morgan fingerprint density at radius 1 is 1.47 bits per heavy atom. The minimum absolute atomic E-state index is 0.0562. The van der Waals surface area contributed by atoms with Crippen LogP contribution in [0.3, 0.4) is 0 Å². The minimum Gasteiger partial charge on any atom is -0.396 e. The number of hydrogen-bond acceptors (Lipinski definition) is 4. The summed E-state index contributed by atoms with van der Waals surface area (Å²) in [5.74, 6) is 0.0914. The van der Waals surface area contributed by atoms with Gasteiger partial charge in [0.05, 0.1) is 4.92 Å². The molecule has 0 aliphatic rings. The molecule has 0 saturated heterocycles. The first-order chi connectivity index (χ1) is 7.97.